The van der Waals surface area contributed by atoms with Crippen molar-refractivity contribution in [2.24, 2.45) is 5.41 Å². The average molecular weight is 334 g/mol. The van der Waals surface area contributed by atoms with Gasteiger partial charge in [-0.2, -0.15) is 13.2 Å². The number of hydrogen-bond acceptors (Lipinski definition) is 4. The summed E-state index contributed by atoms with van der Waals surface area (Å²) in [5, 5.41) is 6.26. The molecule has 1 aromatic heterocycles. The molecule has 1 saturated heterocycles. The Morgan fingerprint density at radius 1 is 1.14 bits per heavy atom. The van der Waals surface area contributed by atoms with Crippen LogP contribution in [-0.2, 0) is 12.7 Å². The molecule has 1 saturated carbocycles. The van der Waals surface area contributed by atoms with Gasteiger partial charge in [-0.25, -0.2) is 8.78 Å². The van der Waals surface area contributed by atoms with Crippen molar-refractivity contribution in [1.82, 2.24) is 15.1 Å². The van der Waals surface area contributed by atoms with Crippen LogP contribution in [0.1, 0.15) is 31.0 Å². The number of alkyl halides is 5. The topological polar surface area (TPSA) is 42.2 Å². The highest BCUT2D eigenvalue weighted by Gasteiger charge is 2.70. The lowest BCUT2D eigenvalue weighted by Gasteiger charge is -2.31. The Balaban J connectivity index is 0.00000161. The molecule has 3 rings (SSSR count). The normalized spacial score (nSPS) is 23.9. The van der Waals surface area contributed by atoms with Crippen LogP contribution in [0.2, 0.25) is 0 Å². The first-order valence-corrected chi connectivity index (χ1v) is 6.22. The predicted molar refractivity (Wildman–Crippen MR) is 63.1 cm³/mol. The summed E-state index contributed by atoms with van der Waals surface area (Å²) >= 11 is 0. The van der Waals surface area contributed by atoms with Crippen molar-refractivity contribution in [2.75, 3.05) is 13.1 Å². The van der Waals surface area contributed by atoms with Gasteiger partial charge in [0.2, 0.25) is 5.89 Å². The summed E-state index contributed by atoms with van der Waals surface area (Å²) in [4.78, 5) is 1.76. The van der Waals surface area contributed by atoms with Crippen LogP contribution in [0, 0.1) is 5.41 Å². The zero-order chi connectivity index (χ0) is 14.6. The molecule has 1 aliphatic heterocycles. The third-order valence-corrected chi connectivity index (χ3v) is 4.09. The second kappa shape index (κ2) is 5.05. The molecule has 1 aliphatic carbocycles. The van der Waals surface area contributed by atoms with E-state index in [1.165, 1.54) is 0 Å². The number of nitrogens with zero attached hydrogens (tertiary/aromatic N) is 3. The van der Waals surface area contributed by atoms with Crippen LogP contribution in [0.25, 0.3) is 0 Å². The largest absolute Gasteiger partial charge is 0.470 e. The number of halogens is 6. The van der Waals surface area contributed by atoms with Gasteiger partial charge in [0.25, 0.3) is 5.92 Å². The van der Waals surface area contributed by atoms with Crippen LogP contribution in [-0.4, -0.2) is 34.1 Å². The Morgan fingerprint density at radius 3 is 2.14 bits per heavy atom. The smallest absolute Gasteiger partial charge is 0.416 e. The molecule has 0 radical (unpaired) electrons. The van der Waals surface area contributed by atoms with E-state index in [2.05, 4.69) is 14.6 Å². The maximum absolute atomic E-state index is 13.2. The van der Waals surface area contributed by atoms with E-state index in [1.807, 2.05) is 0 Å². The predicted octanol–water partition coefficient (Wildman–Crippen LogP) is 3.13. The molecular formula is C11H13ClF5N3O. The van der Waals surface area contributed by atoms with Crippen molar-refractivity contribution in [1.29, 1.82) is 0 Å². The monoisotopic (exact) mass is 333 g/mol. The van der Waals surface area contributed by atoms with E-state index in [1.54, 1.807) is 4.90 Å². The van der Waals surface area contributed by atoms with Crippen molar-refractivity contribution >= 4 is 12.4 Å². The number of likely N-dealkylation sites (tertiary alicyclic amines) is 1. The standard InChI is InChI=1S/C11H12F5N3O.ClH/c12-10(13)6-9(10)1-3-19(4-2-9)5-7-17-18-8(20-7)11(14,15)16;/h1-6H2;1H. The van der Waals surface area contributed by atoms with E-state index in [9.17, 15) is 22.0 Å². The summed E-state index contributed by atoms with van der Waals surface area (Å²) < 4.78 is 67.7. The van der Waals surface area contributed by atoms with Gasteiger partial charge in [0.1, 0.15) is 0 Å². The first kappa shape index (κ1) is 16.4. The second-order valence-electron chi connectivity index (χ2n) is 5.44. The van der Waals surface area contributed by atoms with Gasteiger partial charge >= 0.3 is 12.1 Å². The van der Waals surface area contributed by atoms with Gasteiger partial charge in [-0.15, -0.1) is 22.6 Å². The summed E-state index contributed by atoms with van der Waals surface area (Å²) in [7, 11) is 0. The van der Waals surface area contributed by atoms with Crippen molar-refractivity contribution in [2.45, 2.75) is 37.9 Å². The highest BCUT2D eigenvalue weighted by Crippen LogP contribution is 2.65. The summed E-state index contributed by atoms with van der Waals surface area (Å²) in [5.41, 5.74) is -0.879. The molecule has 4 nitrogen and oxygen atoms in total. The molecule has 0 atom stereocenters. The van der Waals surface area contributed by atoms with Gasteiger partial charge in [-0.3, -0.25) is 4.90 Å². The SMILES string of the molecule is Cl.FC(F)(F)c1nnc(CN2CCC3(CC2)CC3(F)F)o1. The number of rotatable bonds is 2. The fourth-order valence-corrected chi connectivity index (χ4v) is 2.69. The molecule has 10 heteroatoms. The highest BCUT2D eigenvalue weighted by atomic mass is 35.5. The van der Waals surface area contributed by atoms with Crippen LogP contribution in [0.5, 0.6) is 0 Å². The van der Waals surface area contributed by atoms with Crippen molar-refractivity contribution in [3.8, 4) is 0 Å². The first-order valence-electron chi connectivity index (χ1n) is 6.22. The van der Waals surface area contributed by atoms with Crippen LogP contribution >= 0.6 is 12.4 Å². The fourth-order valence-electron chi connectivity index (χ4n) is 2.69. The number of piperidine rings is 1. The fraction of sp³-hybridized carbons (Fsp3) is 0.818. The van der Waals surface area contributed by atoms with Crippen molar-refractivity contribution in [3.05, 3.63) is 11.8 Å². The minimum Gasteiger partial charge on any atom is -0.416 e. The first-order chi connectivity index (χ1) is 9.22. The molecule has 0 N–H and O–H groups in total. The maximum atomic E-state index is 13.2. The van der Waals surface area contributed by atoms with E-state index in [4.69, 9.17) is 0 Å². The summed E-state index contributed by atoms with van der Waals surface area (Å²) in [6.07, 6.45) is -4.04. The Bertz CT molecular complexity index is 510. The van der Waals surface area contributed by atoms with Gasteiger partial charge in [-0.1, -0.05) is 0 Å². The van der Waals surface area contributed by atoms with Gasteiger partial charge in [0.05, 0.1) is 6.54 Å². The zero-order valence-electron chi connectivity index (χ0n) is 10.8. The molecule has 1 spiro atoms. The quantitative estimate of drug-likeness (QED) is 0.780. The van der Waals surface area contributed by atoms with Crippen LogP contribution in [0.3, 0.4) is 0 Å². The van der Waals surface area contributed by atoms with Crippen LogP contribution in [0.4, 0.5) is 22.0 Å². The minimum atomic E-state index is -4.66. The molecule has 2 fully saturated rings. The van der Waals surface area contributed by atoms with E-state index in [-0.39, 0.29) is 31.3 Å². The van der Waals surface area contributed by atoms with Gasteiger partial charge in [-0.05, 0) is 25.9 Å². The molecule has 0 aromatic carbocycles. The third-order valence-electron chi connectivity index (χ3n) is 4.09. The second-order valence-corrected chi connectivity index (χ2v) is 5.44. The Kier molecular flexibility index (Phi) is 3.94. The lowest BCUT2D eigenvalue weighted by molar-refractivity contribution is -0.157. The van der Waals surface area contributed by atoms with Crippen LogP contribution < -0.4 is 0 Å². The number of aromatic nitrogens is 2. The molecule has 120 valence electrons. The van der Waals surface area contributed by atoms with Crippen molar-refractivity contribution < 1.29 is 26.4 Å². The summed E-state index contributed by atoms with van der Waals surface area (Å²) in [6, 6.07) is 0. The molecule has 2 aliphatic rings. The third kappa shape index (κ3) is 2.98. The highest BCUT2D eigenvalue weighted by molar-refractivity contribution is 5.85. The molecule has 0 bridgehead atoms. The Labute approximate surface area is 123 Å². The molecule has 1 aromatic rings. The molecule has 0 unspecified atom stereocenters. The minimum absolute atomic E-state index is 0. The van der Waals surface area contributed by atoms with E-state index in [0.717, 1.165) is 0 Å². The van der Waals surface area contributed by atoms with E-state index >= 15 is 0 Å². The average Bonchev–Trinajstić information content (AvgIpc) is 2.73. The molecule has 0 amide bonds. The van der Waals surface area contributed by atoms with Crippen molar-refractivity contribution in [3.63, 3.8) is 0 Å². The molecule has 21 heavy (non-hydrogen) atoms. The Morgan fingerprint density at radius 2 is 1.71 bits per heavy atom. The lowest BCUT2D eigenvalue weighted by atomic mass is 9.93. The summed E-state index contributed by atoms with van der Waals surface area (Å²) in [6.45, 7) is 0.864. The molecular weight excluding hydrogens is 321 g/mol. The van der Waals surface area contributed by atoms with Gasteiger partial charge in [0.15, 0.2) is 0 Å². The maximum Gasteiger partial charge on any atom is 0.470 e. The van der Waals surface area contributed by atoms with Crippen LogP contribution in [0.15, 0.2) is 4.42 Å². The molecule has 2 heterocycles. The zero-order valence-corrected chi connectivity index (χ0v) is 11.6. The number of hydrogen-bond donors (Lipinski definition) is 0. The Hall–Kier alpha value is -0.960. The van der Waals surface area contributed by atoms with E-state index in [0.29, 0.717) is 25.9 Å². The lowest BCUT2D eigenvalue weighted by Crippen LogP contribution is -2.36. The summed E-state index contributed by atoms with van der Waals surface area (Å²) in [5.74, 6) is -4.10. The van der Waals surface area contributed by atoms with Gasteiger partial charge in [0, 0.05) is 11.8 Å². The van der Waals surface area contributed by atoms with Gasteiger partial charge < -0.3 is 4.42 Å². The van der Waals surface area contributed by atoms with E-state index < -0.39 is 23.4 Å².